The van der Waals surface area contributed by atoms with Crippen molar-refractivity contribution in [3.05, 3.63) is 80.5 Å². The first-order valence-corrected chi connectivity index (χ1v) is 9.68. The number of hydrogen-bond donors (Lipinski definition) is 1. The molecule has 28 heavy (non-hydrogen) atoms. The van der Waals surface area contributed by atoms with Crippen molar-refractivity contribution < 1.29 is 9.21 Å². The number of thiazole rings is 1. The third-order valence-electron chi connectivity index (χ3n) is 4.73. The minimum absolute atomic E-state index is 0.0437. The Morgan fingerprint density at radius 1 is 1.04 bits per heavy atom. The van der Waals surface area contributed by atoms with E-state index >= 15 is 0 Å². The standard InChI is InChI=1S/C22H18N2O3S/c1-12-8-14(3)16(9-13(12)2)18-11-28-22(23-18)24-20(25)17-10-15-6-4-5-7-19(15)27-21(17)26/h4-11H,1-3H3,(H,23,24,25). The van der Waals surface area contributed by atoms with Crippen LogP contribution in [-0.4, -0.2) is 10.9 Å². The topological polar surface area (TPSA) is 72.2 Å². The van der Waals surface area contributed by atoms with Crippen LogP contribution in [0.1, 0.15) is 27.0 Å². The number of carbonyl (C=O) groups excluding carboxylic acids is 1. The number of nitrogens with zero attached hydrogens (tertiary/aromatic N) is 1. The highest BCUT2D eigenvalue weighted by molar-refractivity contribution is 7.14. The molecule has 0 aliphatic rings. The summed E-state index contributed by atoms with van der Waals surface area (Å²) >= 11 is 1.32. The summed E-state index contributed by atoms with van der Waals surface area (Å²) in [5.41, 5.74) is 5.11. The summed E-state index contributed by atoms with van der Waals surface area (Å²) in [6, 6.07) is 12.8. The number of benzene rings is 2. The maximum absolute atomic E-state index is 12.6. The molecule has 0 radical (unpaired) electrons. The van der Waals surface area contributed by atoms with Gasteiger partial charge in [-0.25, -0.2) is 9.78 Å². The zero-order chi connectivity index (χ0) is 19.8. The van der Waals surface area contributed by atoms with E-state index in [1.807, 2.05) is 18.4 Å². The number of carbonyl (C=O) groups is 1. The van der Waals surface area contributed by atoms with Crippen molar-refractivity contribution >= 4 is 33.3 Å². The molecule has 2 heterocycles. The summed E-state index contributed by atoms with van der Waals surface area (Å²) in [6.07, 6.45) is 0. The largest absolute Gasteiger partial charge is 0.422 e. The highest BCUT2D eigenvalue weighted by Gasteiger charge is 2.16. The minimum atomic E-state index is -0.669. The first kappa shape index (κ1) is 18.1. The molecule has 0 aliphatic heterocycles. The number of para-hydroxylation sites is 1. The molecule has 1 amide bonds. The average molecular weight is 390 g/mol. The second-order valence-corrected chi connectivity index (χ2v) is 7.59. The predicted octanol–water partition coefficient (Wildman–Crippen LogP) is 5.09. The van der Waals surface area contributed by atoms with Crippen LogP contribution in [0.4, 0.5) is 5.13 Å². The third kappa shape index (κ3) is 3.34. The van der Waals surface area contributed by atoms with E-state index in [1.54, 1.807) is 24.3 Å². The van der Waals surface area contributed by atoms with Crippen LogP contribution in [0, 0.1) is 20.8 Å². The number of nitrogens with one attached hydrogen (secondary N) is 1. The molecule has 0 aliphatic carbocycles. The van der Waals surface area contributed by atoms with E-state index in [0.717, 1.165) is 16.8 Å². The molecular formula is C22H18N2O3S. The first-order valence-electron chi connectivity index (χ1n) is 8.80. The number of rotatable bonds is 3. The van der Waals surface area contributed by atoms with Gasteiger partial charge in [-0.15, -0.1) is 11.3 Å². The molecule has 0 fully saturated rings. The highest BCUT2D eigenvalue weighted by atomic mass is 32.1. The zero-order valence-electron chi connectivity index (χ0n) is 15.7. The van der Waals surface area contributed by atoms with Gasteiger partial charge in [-0.1, -0.05) is 24.3 Å². The lowest BCUT2D eigenvalue weighted by Crippen LogP contribution is -2.20. The lowest BCUT2D eigenvalue weighted by atomic mass is 9.99. The molecule has 5 nitrogen and oxygen atoms in total. The molecular weight excluding hydrogens is 372 g/mol. The van der Waals surface area contributed by atoms with Crippen molar-refractivity contribution in [3.63, 3.8) is 0 Å². The number of fused-ring (bicyclic) bond motifs is 1. The summed E-state index contributed by atoms with van der Waals surface area (Å²) < 4.78 is 5.23. The van der Waals surface area contributed by atoms with Gasteiger partial charge in [0.25, 0.3) is 5.91 Å². The first-order chi connectivity index (χ1) is 13.4. The number of aryl methyl sites for hydroxylation is 3. The van der Waals surface area contributed by atoms with Crippen molar-refractivity contribution in [1.82, 2.24) is 4.98 Å². The zero-order valence-corrected chi connectivity index (χ0v) is 16.5. The number of hydrogen-bond acceptors (Lipinski definition) is 5. The lowest BCUT2D eigenvalue weighted by molar-refractivity contribution is 0.102. The monoisotopic (exact) mass is 390 g/mol. The Bertz CT molecular complexity index is 1270. The second kappa shape index (κ2) is 7.05. The van der Waals surface area contributed by atoms with Gasteiger partial charge < -0.3 is 4.42 Å². The van der Waals surface area contributed by atoms with E-state index in [9.17, 15) is 9.59 Å². The maximum atomic E-state index is 12.6. The average Bonchev–Trinajstić information content (AvgIpc) is 3.12. The van der Waals surface area contributed by atoms with Crippen molar-refractivity contribution in [3.8, 4) is 11.3 Å². The Kier molecular flexibility index (Phi) is 4.57. The van der Waals surface area contributed by atoms with Gasteiger partial charge in [-0.2, -0.15) is 0 Å². The lowest BCUT2D eigenvalue weighted by Gasteiger charge is -2.07. The van der Waals surface area contributed by atoms with Gasteiger partial charge in [0.2, 0.25) is 0 Å². The summed E-state index contributed by atoms with van der Waals surface area (Å²) in [5, 5.41) is 5.73. The fourth-order valence-electron chi connectivity index (χ4n) is 3.08. The highest BCUT2D eigenvalue weighted by Crippen LogP contribution is 2.29. The van der Waals surface area contributed by atoms with Gasteiger partial charge >= 0.3 is 5.63 Å². The summed E-state index contributed by atoms with van der Waals surface area (Å²) in [4.78, 5) is 29.3. The quantitative estimate of drug-likeness (QED) is 0.494. The Morgan fingerprint density at radius 3 is 2.61 bits per heavy atom. The summed E-state index contributed by atoms with van der Waals surface area (Å²) in [6.45, 7) is 6.18. The van der Waals surface area contributed by atoms with Crippen LogP contribution >= 0.6 is 11.3 Å². The molecule has 6 heteroatoms. The molecule has 0 spiro atoms. The van der Waals surface area contributed by atoms with Gasteiger partial charge in [0.15, 0.2) is 5.13 Å². The van der Waals surface area contributed by atoms with Crippen LogP contribution in [0.5, 0.6) is 0 Å². The van der Waals surface area contributed by atoms with E-state index in [4.69, 9.17) is 4.42 Å². The number of anilines is 1. The van der Waals surface area contributed by atoms with Crippen molar-refractivity contribution in [2.75, 3.05) is 5.32 Å². The van der Waals surface area contributed by atoms with Crippen molar-refractivity contribution in [2.45, 2.75) is 20.8 Å². The normalized spacial score (nSPS) is 11.0. The van der Waals surface area contributed by atoms with Crippen LogP contribution in [-0.2, 0) is 0 Å². The Labute approximate surface area is 165 Å². The van der Waals surface area contributed by atoms with E-state index < -0.39 is 11.5 Å². The van der Waals surface area contributed by atoms with Gasteiger partial charge in [-0.05, 0) is 55.7 Å². The van der Waals surface area contributed by atoms with Gasteiger partial charge in [0.05, 0.1) is 5.69 Å². The van der Waals surface area contributed by atoms with Crippen LogP contribution in [0.15, 0.2) is 57.1 Å². The fraction of sp³-hybridized carbons (Fsp3) is 0.136. The van der Waals surface area contributed by atoms with Crippen molar-refractivity contribution in [1.29, 1.82) is 0 Å². The Morgan fingerprint density at radius 2 is 1.79 bits per heavy atom. The predicted molar refractivity (Wildman–Crippen MR) is 112 cm³/mol. The molecule has 0 atom stereocenters. The molecule has 4 rings (SSSR count). The molecule has 2 aromatic heterocycles. The molecule has 140 valence electrons. The molecule has 4 aromatic rings. The van der Waals surface area contributed by atoms with E-state index in [0.29, 0.717) is 16.1 Å². The molecule has 1 N–H and O–H groups in total. The van der Waals surface area contributed by atoms with Crippen LogP contribution in [0.2, 0.25) is 0 Å². The van der Waals surface area contributed by atoms with E-state index in [1.165, 1.54) is 22.5 Å². The SMILES string of the molecule is Cc1cc(C)c(-c2csc(NC(=O)c3cc4ccccc4oc3=O)n2)cc1C. The number of amides is 1. The maximum Gasteiger partial charge on any atom is 0.349 e. The van der Waals surface area contributed by atoms with Crippen LogP contribution in [0.25, 0.3) is 22.2 Å². The van der Waals surface area contributed by atoms with Gasteiger partial charge in [-0.3, -0.25) is 10.1 Å². The smallest absolute Gasteiger partial charge is 0.349 e. The van der Waals surface area contributed by atoms with E-state index in [-0.39, 0.29) is 5.56 Å². The van der Waals surface area contributed by atoms with Crippen molar-refractivity contribution in [2.24, 2.45) is 0 Å². The number of aromatic nitrogens is 1. The Balaban J connectivity index is 1.63. The van der Waals surface area contributed by atoms with Crippen LogP contribution in [0.3, 0.4) is 0 Å². The van der Waals surface area contributed by atoms with Gasteiger partial charge in [0, 0.05) is 16.3 Å². The Hall–Kier alpha value is -3.25. The second-order valence-electron chi connectivity index (χ2n) is 6.73. The molecule has 0 bridgehead atoms. The minimum Gasteiger partial charge on any atom is -0.422 e. The fourth-order valence-corrected chi connectivity index (χ4v) is 3.78. The van der Waals surface area contributed by atoms with Crippen LogP contribution < -0.4 is 10.9 Å². The summed E-state index contributed by atoms with van der Waals surface area (Å²) in [5.74, 6) is -0.530. The molecule has 0 saturated heterocycles. The van der Waals surface area contributed by atoms with E-state index in [2.05, 4.69) is 36.3 Å². The summed E-state index contributed by atoms with van der Waals surface area (Å²) in [7, 11) is 0. The molecule has 2 aromatic carbocycles. The van der Waals surface area contributed by atoms with Gasteiger partial charge in [0.1, 0.15) is 11.1 Å². The molecule has 0 unspecified atom stereocenters. The third-order valence-corrected chi connectivity index (χ3v) is 5.49. The molecule has 0 saturated carbocycles.